The fourth-order valence-electron chi connectivity index (χ4n) is 2.05. The lowest BCUT2D eigenvalue weighted by Gasteiger charge is -2.33. The Morgan fingerprint density at radius 1 is 1.56 bits per heavy atom. The summed E-state index contributed by atoms with van der Waals surface area (Å²) in [5.74, 6) is -1.36. The van der Waals surface area contributed by atoms with Gasteiger partial charge in [0, 0.05) is 14.2 Å². The minimum absolute atomic E-state index is 0.669. The molecule has 0 spiro atoms. The molecule has 0 saturated heterocycles. The molecule has 0 aromatic carbocycles. The normalized spacial score (nSPS) is 29.0. The largest absolute Gasteiger partial charge is 0.623 e. The minimum Gasteiger partial charge on any atom is -0.623 e. The summed E-state index contributed by atoms with van der Waals surface area (Å²) in [5.41, 5.74) is 0.698. The standard InChI is InChI=1S/C11H17NO4/c1-5-6-12(14)10-8(2)7-9(13)11(10,15-3)16-4/h5-7,9-10,13H,1H2,2-4H3/b12-6-/t9-,10+/m1/s1. The van der Waals surface area contributed by atoms with Gasteiger partial charge in [-0.3, -0.25) is 0 Å². The van der Waals surface area contributed by atoms with E-state index in [2.05, 4.69) is 6.58 Å². The molecule has 0 unspecified atom stereocenters. The van der Waals surface area contributed by atoms with Crippen molar-refractivity contribution >= 4 is 6.21 Å². The highest BCUT2D eigenvalue weighted by Crippen LogP contribution is 2.35. The molecule has 0 bridgehead atoms. The van der Waals surface area contributed by atoms with Gasteiger partial charge in [-0.2, -0.15) is 4.74 Å². The molecule has 0 aromatic heterocycles. The molecular formula is C11H17NO4. The van der Waals surface area contributed by atoms with E-state index in [9.17, 15) is 10.3 Å². The Morgan fingerprint density at radius 2 is 2.12 bits per heavy atom. The molecule has 0 saturated carbocycles. The lowest BCUT2D eigenvalue weighted by Crippen LogP contribution is -2.54. The number of hydrogen-bond acceptors (Lipinski definition) is 4. The molecule has 1 aliphatic rings. The molecule has 16 heavy (non-hydrogen) atoms. The molecular weight excluding hydrogens is 210 g/mol. The van der Waals surface area contributed by atoms with Crippen LogP contribution in [0.3, 0.4) is 0 Å². The zero-order valence-corrected chi connectivity index (χ0v) is 9.71. The predicted molar refractivity (Wildman–Crippen MR) is 60.2 cm³/mol. The Hall–Kier alpha value is -1.17. The molecule has 1 rings (SSSR count). The predicted octanol–water partition coefficient (Wildman–Crippen LogP) is 0.432. The van der Waals surface area contributed by atoms with Crippen molar-refractivity contribution < 1.29 is 19.3 Å². The summed E-state index contributed by atoms with van der Waals surface area (Å²) >= 11 is 0. The van der Waals surface area contributed by atoms with Crippen LogP contribution in [-0.4, -0.2) is 48.2 Å². The molecule has 1 N–H and O–H groups in total. The van der Waals surface area contributed by atoms with Gasteiger partial charge in [0.25, 0.3) is 5.79 Å². The highest BCUT2D eigenvalue weighted by molar-refractivity contribution is 5.65. The van der Waals surface area contributed by atoms with Gasteiger partial charge < -0.3 is 19.8 Å². The van der Waals surface area contributed by atoms with E-state index in [0.717, 1.165) is 0 Å². The van der Waals surface area contributed by atoms with Gasteiger partial charge in [-0.1, -0.05) is 6.58 Å². The summed E-state index contributed by atoms with van der Waals surface area (Å²) in [6.45, 7) is 5.20. The lowest BCUT2D eigenvalue weighted by atomic mass is 10.1. The fourth-order valence-corrected chi connectivity index (χ4v) is 2.05. The number of aliphatic hydroxyl groups excluding tert-OH is 1. The Labute approximate surface area is 94.9 Å². The van der Waals surface area contributed by atoms with Crippen LogP contribution >= 0.6 is 0 Å². The van der Waals surface area contributed by atoms with E-state index in [0.29, 0.717) is 10.3 Å². The zero-order chi connectivity index (χ0) is 12.3. The van der Waals surface area contributed by atoms with Crippen LogP contribution in [0.5, 0.6) is 0 Å². The maximum Gasteiger partial charge on any atom is 0.267 e. The summed E-state index contributed by atoms with van der Waals surface area (Å²) < 4.78 is 11.0. The first-order valence-corrected chi connectivity index (χ1v) is 4.91. The first-order valence-electron chi connectivity index (χ1n) is 4.91. The smallest absolute Gasteiger partial charge is 0.267 e. The third-order valence-electron chi connectivity index (χ3n) is 2.79. The summed E-state index contributed by atoms with van der Waals surface area (Å²) in [6, 6.07) is -0.713. The van der Waals surface area contributed by atoms with E-state index in [4.69, 9.17) is 9.47 Å². The average Bonchev–Trinajstić information content (AvgIpc) is 2.50. The van der Waals surface area contributed by atoms with Crippen molar-refractivity contribution in [3.8, 4) is 0 Å². The Kier molecular flexibility index (Phi) is 3.85. The van der Waals surface area contributed by atoms with Crippen LogP contribution in [0.2, 0.25) is 0 Å². The molecule has 5 nitrogen and oxygen atoms in total. The first-order chi connectivity index (χ1) is 7.53. The minimum atomic E-state index is -1.36. The zero-order valence-electron chi connectivity index (χ0n) is 9.71. The van der Waals surface area contributed by atoms with Crippen LogP contribution < -0.4 is 0 Å². The van der Waals surface area contributed by atoms with E-state index in [-0.39, 0.29) is 0 Å². The van der Waals surface area contributed by atoms with Gasteiger partial charge in [0.1, 0.15) is 6.10 Å². The number of nitrogens with zero attached hydrogens (tertiary/aromatic N) is 1. The van der Waals surface area contributed by atoms with Crippen molar-refractivity contribution in [3.05, 3.63) is 29.5 Å². The topological polar surface area (TPSA) is 64.8 Å². The molecule has 90 valence electrons. The fraction of sp³-hybridized carbons (Fsp3) is 0.545. The number of ether oxygens (including phenoxy) is 2. The quantitative estimate of drug-likeness (QED) is 0.189. The highest BCUT2D eigenvalue weighted by atomic mass is 16.7. The number of allylic oxidation sites excluding steroid dienone is 1. The van der Waals surface area contributed by atoms with Crippen molar-refractivity contribution in [1.82, 2.24) is 0 Å². The van der Waals surface area contributed by atoms with Crippen LogP contribution in [0.4, 0.5) is 0 Å². The van der Waals surface area contributed by atoms with Crippen LogP contribution in [-0.2, 0) is 9.47 Å². The number of methoxy groups -OCH3 is 2. The first kappa shape index (κ1) is 12.9. The number of hydroxylamine groups is 1. The summed E-state index contributed by atoms with van der Waals surface area (Å²) in [6.07, 6.45) is 3.23. The molecule has 5 heteroatoms. The van der Waals surface area contributed by atoms with Gasteiger partial charge in [-0.05, 0) is 24.6 Å². The maximum absolute atomic E-state index is 11.8. The second kappa shape index (κ2) is 4.78. The Morgan fingerprint density at radius 3 is 2.56 bits per heavy atom. The highest BCUT2D eigenvalue weighted by Gasteiger charge is 2.56. The number of rotatable bonds is 4. The molecule has 0 radical (unpaired) electrons. The number of hydrogen-bond donors (Lipinski definition) is 1. The molecule has 1 aliphatic carbocycles. The van der Waals surface area contributed by atoms with Crippen LogP contribution in [0.25, 0.3) is 0 Å². The second-order valence-corrected chi connectivity index (χ2v) is 3.63. The summed E-state index contributed by atoms with van der Waals surface area (Å²) in [5, 5.41) is 21.7. The Bertz CT molecular complexity index is 331. The van der Waals surface area contributed by atoms with Crippen molar-refractivity contribution in [2.45, 2.75) is 24.9 Å². The Balaban J connectivity index is 3.17. The van der Waals surface area contributed by atoms with Crippen molar-refractivity contribution in [3.63, 3.8) is 0 Å². The van der Waals surface area contributed by atoms with E-state index in [1.54, 1.807) is 13.0 Å². The van der Waals surface area contributed by atoms with Crippen molar-refractivity contribution in [2.24, 2.45) is 0 Å². The summed E-state index contributed by atoms with van der Waals surface area (Å²) in [4.78, 5) is 0. The van der Waals surface area contributed by atoms with Gasteiger partial charge >= 0.3 is 0 Å². The van der Waals surface area contributed by atoms with Gasteiger partial charge in [-0.15, -0.1) is 0 Å². The van der Waals surface area contributed by atoms with Crippen LogP contribution in [0.15, 0.2) is 24.3 Å². The van der Waals surface area contributed by atoms with Gasteiger partial charge in [0.05, 0.1) is 0 Å². The van der Waals surface area contributed by atoms with Gasteiger partial charge in [-0.25, -0.2) is 0 Å². The molecule has 0 aliphatic heterocycles. The van der Waals surface area contributed by atoms with Gasteiger partial charge in [0.15, 0.2) is 6.21 Å². The van der Waals surface area contributed by atoms with E-state index in [1.165, 1.54) is 26.5 Å². The molecule has 0 fully saturated rings. The SMILES string of the molecule is C=C/C=[N+](\[O-])[C@H]1C(C)=C[C@@H](O)C1(OC)OC. The average molecular weight is 227 g/mol. The van der Waals surface area contributed by atoms with Gasteiger partial charge in [0.2, 0.25) is 6.04 Å². The number of aliphatic hydroxyl groups is 1. The monoisotopic (exact) mass is 227 g/mol. The summed E-state index contributed by atoms with van der Waals surface area (Å²) in [7, 11) is 2.79. The second-order valence-electron chi connectivity index (χ2n) is 3.63. The van der Waals surface area contributed by atoms with E-state index >= 15 is 0 Å². The third-order valence-corrected chi connectivity index (χ3v) is 2.79. The maximum atomic E-state index is 11.8. The lowest BCUT2D eigenvalue weighted by molar-refractivity contribution is -0.534. The van der Waals surface area contributed by atoms with Crippen LogP contribution in [0, 0.1) is 5.21 Å². The van der Waals surface area contributed by atoms with Crippen molar-refractivity contribution in [2.75, 3.05) is 14.2 Å². The third kappa shape index (κ3) is 1.77. The molecule has 0 heterocycles. The van der Waals surface area contributed by atoms with Crippen molar-refractivity contribution in [1.29, 1.82) is 0 Å². The molecule has 2 atom stereocenters. The van der Waals surface area contributed by atoms with E-state index in [1.807, 2.05) is 0 Å². The molecule has 0 aromatic rings. The molecule has 0 amide bonds. The van der Waals surface area contributed by atoms with Crippen LogP contribution in [0.1, 0.15) is 6.92 Å². The van der Waals surface area contributed by atoms with E-state index < -0.39 is 17.9 Å².